The molecule has 9 aromatic carbocycles. The van der Waals surface area contributed by atoms with Crippen molar-refractivity contribution in [3.05, 3.63) is 217 Å². The van der Waals surface area contributed by atoms with Crippen LogP contribution >= 0.6 is 0 Å². The Bertz CT molecular complexity index is 3500. The van der Waals surface area contributed by atoms with Crippen LogP contribution in [0.15, 0.2) is 205 Å². The maximum Gasteiger partial charge on any atom is 0.135 e. The third kappa shape index (κ3) is 4.42. The van der Waals surface area contributed by atoms with E-state index in [0.717, 1.165) is 33.3 Å². The molecule has 11 aromatic rings. The fraction of sp³-hybridized carbons (Fsp3) is 0.0357. The van der Waals surface area contributed by atoms with E-state index < -0.39 is 0 Å². The lowest BCUT2D eigenvalue weighted by Gasteiger charge is -2.42. The molecule has 0 N–H and O–H groups in total. The zero-order chi connectivity index (χ0) is 38.8. The first-order chi connectivity index (χ1) is 29.1. The van der Waals surface area contributed by atoms with Gasteiger partial charge in [0.25, 0.3) is 0 Å². The maximum absolute atomic E-state index is 6.84. The van der Waals surface area contributed by atoms with Crippen molar-refractivity contribution in [3.8, 4) is 39.1 Å². The Kier molecular flexibility index (Phi) is 6.58. The Morgan fingerprint density at radius 1 is 0.407 bits per heavy atom. The number of anilines is 3. The molecule has 1 unspecified atom stereocenters. The normalized spacial score (nSPS) is 15.2. The van der Waals surface area contributed by atoms with E-state index in [-0.39, 0.29) is 5.41 Å². The quantitative estimate of drug-likeness (QED) is 0.179. The highest BCUT2D eigenvalue weighted by molar-refractivity contribution is 6.17. The minimum atomic E-state index is -0.362. The van der Waals surface area contributed by atoms with Crippen molar-refractivity contribution in [2.24, 2.45) is 0 Å². The standard InChI is InChI=1S/C56H36N2O/c1-56-46-22-10-8-18-41(46)42-21-13-25-50(55(42)56)58(39-29-26-36(27-30-39)35-14-4-2-5-15-35)51-33-45-44-32-37(28-31-52(44)59-53(45)34-47(51)56)40-20-12-24-49-54(40)43-19-9-11-23-48(43)57(49)38-16-6-3-7-17-38/h2-34H,1H3. The van der Waals surface area contributed by atoms with Crippen LogP contribution in [0.25, 0.3) is 82.8 Å². The molecule has 2 aliphatic rings. The van der Waals surface area contributed by atoms with Crippen LogP contribution in [0.4, 0.5) is 17.1 Å². The van der Waals surface area contributed by atoms with E-state index in [4.69, 9.17) is 4.42 Å². The molecule has 3 heteroatoms. The third-order valence-corrected chi connectivity index (χ3v) is 13.2. The highest BCUT2D eigenvalue weighted by Gasteiger charge is 2.48. The number of fused-ring (bicyclic) bond motifs is 11. The van der Waals surface area contributed by atoms with Crippen molar-refractivity contribution in [2.75, 3.05) is 4.90 Å². The lowest BCUT2D eigenvalue weighted by atomic mass is 9.70. The van der Waals surface area contributed by atoms with E-state index in [2.05, 4.69) is 217 Å². The number of rotatable bonds is 4. The Hall–Kier alpha value is -7.62. The zero-order valence-corrected chi connectivity index (χ0v) is 32.4. The minimum Gasteiger partial charge on any atom is -0.456 e. The monoisotopic (exact) mass is 752 g/mol. The summed E-state index contributed by atoms with van der Waals surface area (Å²) in [6, 6.07) is 73.1. The molecule has 0 bridgehead atoms. The molecule has 13 rings (SSSR count). The van der Waals surface area contributed by atoms with Gasteiger partial charge in [0.05, 0.1) is 22.4 Å². The molecular weight excluding hydrogens is 717 g/mol. The fourth-order valence-electron chi connectivity index (χ4n) is 10.6. The molecule has 0 spiro atoms. The minimum absolute atomic E-state index is 0.362. The van der Waals surface area contributed by atoms with Crippen molar-refractivity contribution in [1.29, 1.82) is 0 Å². The van der Waals surface area contributed by atoms with Crippen LogP contribution in [-0.4, -0.2) is 4.57 Å². The number of benzene rings is 9. The van der Waals surface area contributed by atoms with Crippen molar-refractivity contribution >= 4 is 60.8 Å². The Labute approximate surface area is 341 Å². The van der Waals surface area contributed by atoms with Gasteiger partial charge in [-0.1, -0.05) is 133 Å². The molecule has 3 nitrogen and oxygen atoms in total. The number of hydrogen-bond donors (Lipinski definition) is 0. The predicted molar refractivity (Wildman–Crippen MR) is 245 cm³/mol. The molecule has 0 radical (unpaired) electrons. The van der Waals surface area contributed by atoms with Gasteiger partial charge < -0.3 is 13.9 Å². The van der Waals surface area contributed by atoms with Crippen molar-refractivity contribution in [1.82, 2.24) is 4.57 Å². The molecule has 0 saturated heterocycles. The van der Waals surface area contributed by atoms with Crippen LogP contribution in [0, 0.1) is 0 Å². The Morgan fingerprint density at radius 3 is 1.93 bits per heavy atom. The van der Waals surface area contributed by atoms with Crippen molar-refractivity contribution < 1.29 is 4.42 Å². The fourth-order valence-corrected chi connectivity index (χ4v) is 10.6. The van der Waals surface area contributed by atoms with E-state index in [0.29, 0.717) is 0 Å². The first-order valence-corrected chi connectivity index (χ1v) is 20.4. The van der Waals surface area contributed by atoms with Gasteiger partial charge in [-0.2, -0.15) is 0 Å². The average Bonchev–Trinajstić information content (AvgIpc) is 3.93. The van der Waals surface area contributed by atoms with Gasteiger partial charge in [0.15, 0.2) is 0 Å². The molecule has 276 valence electrons. The average molecular weight is 753 g/mol. The van der Waals surface area contributed by atoms with Gasteiger partial charge in [0.1, 0.15) is 11.2 Å². The summed E-state index contributed by atoms with van der Waals surface area (Å²) in [4.78, 5) is 2.48. The van der Waals surface area contributed by atoms with Crippen molar-refractivity contribution in [2.45, 2.75) is 12.3 Å². The summed E-state index contributed by atoms with van der Waals surface area (Å²) in [6.45, 7) is 2.41. The maximum atomic E-state index is 6.84. The summed E-state index contributed by atoms with van der Waals surface area (Å²) in [6.07, 6.45) is 0. The van der Waals surface area contributed by atoms with Gasteiger partial charge in [-0.3, -0.25) is 0 Å². The van der Waals surface area contributed by atoms with Crippen LogP contribution in [-0.2, 0) is 5.41 Å². The molecule has 3 heterocycles. The molecule has 0 amide bonds. The summed E-state index contributed by atoms with van der Waals surface area (Å²) < 4.78 is 9.23. The lowest BCUT2D eigenvalue weighted by Crippen LogP contribution is -2.32. The van der Waals surface area contributed by atoms with Gasteiger partial charge in [0, 0.05) is 38.3 Å². The van der Waals surface area contributed by atoms with Gasteiger partial charge >= 0.3 is 0 Å². The number of para-hydroxylation sites is 2. The Morgan fingerprint density at radius 2 is 1.07 bits per heavy atom. The summed E-state index contributed by atoms with van der Waals surface area (Å²) in [7, 11) is 0. The van der Waals surface area contributed by atoms with Crippen molar-refractivity contribution in [3.63, 3.8) is 0 Å². The van der Waals surface area contributed by atoms with Crippen LogP contribution in [0.1, 0.15) is 23.6 Å². The lowest BCUT2D eigenvalue weighted by molar-refractivity contribution is 0.660. The SMILES string of the molecule is CC12c3ccccc3-c3cccc(c31)N(c1ccc(-c3ccccc3)cc1)c1cc3c(cc12)oc1ccc(-c2cccc4c2c2ccccc2n4-c2ccccc2)cc13. The zero-order valence-electron chi connectivity index (χ0n) is 32.4. The highest BCUT2D eigenvalue weighted by atomic mass is 16.3. The van der Waals surface area contributed by atoms with E-state index in [1.54, 1.807) is 0 Å². The first kappa shape index (κ1) is 32.5. The highest BCUT2D eigenvalue weighted by Crippen LogP contribution is 2.63. The largest absolute Gasteiger partial charge is 0.456 e. The van der Waals surface area contributed by atoms with Crippen LogP contribution in [0.3, 0.4) is 0 Å². The van der Waals surface area contributed by atoms with Crippen LogP contribution < -0.4 is 4.90 Å². The summed E-state index contributed by atoms with van der Waals surface area (Å²) in [5, 5.41) is 4.71. The van der Waals surface area contributed by atoms with Gasteiger partial charge in [-0.15, -0.1) is 0 Å². The first-order valence-electron chi connectivity index (χ1n) is 20.4. The van der Waals surface area contributed by atoms with E-state index in [9.17, 15) is 0 Å². The molecule has 1 aliphatic carbocycles. The number of nitrogens with zero attached hydrogens (tertiary/aromatic N) is 2. The summed E-state index contributed by atoms with van der Waals surface area (Å²) in [5.74, 6) is 0. The molecular formula is C56H36N2O. The van der Waals surface area contributed by atoms with E-state index in [1.807, 2.05) is 0 Å². The second-order valence-electron chi connectivity index (χ2n) is 16.2. The molecule has 0 saturated carbocycles. The second-order valence-corrected chi connectivity index (χ2v) is 16.2. The topological polar surface area (TPSA) is 21.3 Å². The van der Waals surface area contributed by atoms with E-state index >= 15 is 0 Å². The van der Waals surface area contributed by atoms with Crippen LogP contribution in [0.5, 0.6) is 0 Å². The molecule has 59 heavy (non-hydrogen) atoms. The summed E-state index contributed by atoms with van der Waals surface area (Å²) in [5.41, 5.74) is 19.8. The van der Waals surface area contributed by atoms with E-state index in [1.165, 1.54) is 83.3 Å². The van der Waals surface area contributed by atoms with Gasteiger partial charge in [-0.25, -0.2) is 0 Å². The molecule has 2 aromatic heterocycles. The number of aromatic nitrogens is 1. The molecule has 1 aliphatic heterocycles. The smallest absolute Gasteiger partial charge is 0.135 e. The van der Waals surface area contributed by atoms with Gasteiger partial charge in [-0.05, 0) is 124 Å². The second kappa shape index (κ2) is 12.0. The number of furan rings is 1. The van der Waals surface area contributed by atoms with Crippen LogP contribution in [0.2, 0.25) is 0 Å². The molecule has 0 fully saturated rings. The summed E-state index contributed by atoms with van der Waals surface area (Å²) >= 11 is 0. The predicted octanol–water partition coefficient (Wildman–Crippen LogP) is 15.1. The Balaban J connectivity index is 1.05. The number of hydrogen-bond acceptors (Lipinski definition) is 2. The molecule has 1 atom stereocenters. The van der Waals surface area contributed by atoms with Gasteiger partial charge in [0.2, 0.25) is 0 Å². The third-order valence-electron chi connectivity index (χ3n) is 13.2.